The largest absolute Gasteiger partial charge is 0.330 e. The Morgan fingerprint density at radius 1 is 1.20 bits per heavy atom. The first kappa shape index (κ1) is 10.1. The highest BCUT2D eigenvalue weighted by Gasteiger charge is 2.00. The number of hydrogen-bond donors (Lipinski definition) is 1. The Bertz CT molecular complexity index is 433. The van der Waals surface area contributed by atoms with Crippen molar-refractivity contribution in [2.24, 2.45) is 0 Å². The molecule has 0 bridgehead atoms. The molecule has 2 aromatic rings. The highest BCUT2D eigenvalue weighted by molar-refractivity contribution is 7.15. The Kier molecular flexibility index (Phi) is 2.97. The summed E-state index contributed by atoms with van der Waals surface area (Å²) in [5.74, 6) is 0. The van der Waals surface area contributed by atoms with Gasteiger partial charge in [-0.3, -0.25) is 0 Å². The van der Waals surface area contributed by atoms with E-state index in [0.717, 1.165) is 22.2 Å². The van der Waals surface area contributed by atoms with Gasteiger partial charge in [-0.15, -0.1) is 10.2 Å². The van der Waals surface area contributed by atoms with E-state index < -0.39 is 0 Å². The fourth-order valence-electron chi connectivity index (χ4n) is 1.29. The summed E-state index contributed by atoms with van der Waals surface area (Å²) in [5.41, 5.74) is 2.40. The van der Waals surface area contributed by atoms with Crippen molar-refractivity contribution in [2.45, 2.75) is 20.3 Å². The van der Waals surface area contributed by atoms with Crippen LogP contribution in [0.3, 0.4) is 0 Å². The van der Waals surface area contributed by atoms with Gasteiger partial charge in [0, 0.05) is 5.69 Å². The fourth-order valence-corrected chi connectivity index (χ4v) is 1.91. The summed E-state index contributed by atoms with van der Waals surface area (Å²) in [6.07, 6.45) is 1.07. The predicted octanol–water partition coefficient (Wildman–Crippen LogP) is 3.15. The molecule has 0 aliphatic heterocycles. The average molecular weight is 219 g/mol. The number of rotatable bonds is 3. The van der Waals surface area contributed by atoms with Crippen LogP contribution in [0.4, 0.5) is 10.8 Å². The molecule has 0 atom stereocenters. The molecule has 0 radical (unpaired) electrons. The third-order valence-corrected chi connectivity index (χ3v) is 2.89. The molecule has 1 aromatic carbocycles. The first-order valence-corrected chi connectivity index (χ1v) is 5.75. The van der Waals surface area contributed by atoms with Gasteiger partial charge in [0.1, 0.15) is 5.01 Å². The molecule has 15 heavy (non-hydrogen) atoms. The standard InChI is InChI=1S/C11H13N3S/c1-3-9-4-6-10(7-5-9)12-11-14-13-8(2)15-11/h4-7H,3H2,1-2H3,(H,12,14). The summed E-state index contributed by atoms with van der Waals surface area (Å²) >= 11 is 1.56. The summed E-state index contributed by atoms with van der Waals surface area (Å²) in [5, 5.41) is 13.0. The van der Waals surface area contributed by atoms with Crippen molar-refractivity contribution in [3.8, 4) is 0 Å². The van der Waals surface area contributed by atoms with Gasteiger partial charge in [-0.1, -0.05) is 30.4 Å². The summed E-state index contributed by atoms with van der Waals surface area (Å²) < 4.78 is 0. The molecule has 0 saturated carbocycles. The second-order valence-electron chi connectivity index (χ2n) is 3.30. The van der Waals surface area contributed by atoms with Crippen molar-refractivity contribution < 1.29 is 0 Å². The lowest BCUT2D eigenvalue weighted by atomic mass is 10.1. The smallest absolute Gasteiger partial charge is 0.210 e. The number of aromatic nitrogens is 2. The number of benzene rings is 1. The monoisotopic (exact) mass is 219 g/mol. The van der Waals surface area contributed by atoms with Crippen molar-refractivity contribution in [3.05, 3.63) is 34.8 Å². The number of aryl methyl sites for hydroxylation is 2. The molecule has 0 amide bonds. The van der Waals surface area contributed by atoms with Gasteiger partial charge in [-0.2, -0.15) is 0 Å². The Labute approximate surface area is 93.2 Å². The van der Waals surface area contributed by atoms with Crippen LogP contribution >= 0.6 is 11.3 Å². The van der Waals surface area contributed by atoms with Crippen LogP contribution < -0.4 is 5.32 Å². The van der Waals surface area contributed by atoms with Crippen molar-refractivity contribution in [3.63, 3.8) is 0 Å². The number of nitrogens with zero attached hydrogens (tertiary/aromatic N) is 2. The second-order valence-corrected chi connectivity index (χ2v) is 4.48. The molecule has 4 heteroatoms. The van der Waals surface area contributed by atoms with E-state index in [9.17, 15) is 0 Å². The lowest BCUT2D eigenvalue weighted by Gasteiger charge is -2.02. The van der Waals surface area contributed by atoms with Gasteiger partial charge in [-0.25, -0.2) is 0 Å². The third-order valence-electron chi connectivity index (χ3n) is 2.14. The minimum Gasteiger partial charge on any atom is -0.330 e. The van der Waals surface area contributed by atoms with E-state index in [1.807, 2.05) is 6.92 Å². The summed E-state index contributed by atoms with van der Waals surface area (Å²) in [6.45, 7) is 4.10. The molecular formula is C11H13N3S. The van der Waals surface area contributed by atoms with E-state index >= 15 is 0 Å². The van der Waals surface area contributed by atoms with E-state index in [-0.39, 0.29) is 0 Å². The van der Waals surface area contributed by atoms with Gasteiger partial charge in [0.05, 0.1) is 0 Å². The van der Waals surface area contributed by atoms with E-state index in [2.05, 4.69) is 46.7 Å². The molecule has 0 fully saturated rings. The van der Waals surface area contributed by atoms with E-state index in [1.165, 1.54) is 5.56 Å². The Balaban J connectivity index is 2.11. The highest BCUT2D eigenvalue weighted by Crippen LogP contribution is 2.20. The fraction of sp³-hybridized carbons (Fsp3) is 0.273. The maximum Gasteiger partial charge on any atom is 0.210 e. The first-order valence-electron chi connectivity index (χ1n) is 4.94. The quantitative estimate of drug-likeness (QED) is 0.861. The molecule has 78 valence electrons. The number of nitrogens with one attached hydrogen (secondary N) is 1. The van der Waals surface area contributed by atoms with Crippen molar-refractivity contribution in [1.29, 1.82) is 0 Å². The van der Waals surface area contributed by atoms with E-state index in [4.69, 9.17) is 0 Å². The minimum absolute atomic E-state index is 0.844. The van der Waals surface area contributed by atoms with E-state index in [0.29, 0.717) is 0 Å². The summed E-state index contributed by atoms with van der Waals surface area (Å²) in [4.78, 5) is 0. The lowest BCUT2D eigenvalue weighted by Crippen LogP contribution is -1.89. The van der Waals surface area contributed by atoms with Crippen LogP contribution in [0.1, 0.15) is 17.5 Å². The third kappa shape index (κ3) is 2.53. The zero-order valence-electron chi connectivity index (χ0n) is 8.82. The molecule has 1 aromatic heterocycles. The first-order chi connectivity index (χ1) is 7.28. The Morgan fingerprint density at radius 2 is 1.93 bits per heavy atom. The molecule has 0 unspecified atom stereocenters. The van der Waals surface area contributed by atoms with Crippen molar-refractivity contribution in [1.82, 2.24) is 10.2 Å². The average Bonchev–Trinajstić information content (AvgIpc) is 2.65. The zero-order chi connectivity index (χ0) is 10.7. The van der Waals surface area contributed by atoms with Crippen LogP contribution in [-0.2, 0) is 6.42 Å². The molecule has 2 rings (SSSR count). The summed E-state index contributed by atoms with van der Waals surface area (Å²) in [7, 11) is 0. The van der Waals surface area contributed by atoms with Gasteiger partial charge < -0.3 is 5.32 Å². The van der Waals surface area contributed by atoms with Crippen LogP contribution in [0.5, 0.6) is 0 Å². The SMILES string of the molecule is CCc1ccc(Nc2nnc(C)s2)cc1. The van der Waals surface area contributed by atoms with Crippen LogP contribution in [0, 0.1) is 6.92 Å². The van der Waals surface area contributed by atoms with Gasteiger partial charge >= 0.3 is 0 Å². The molecule has 3 nitrogen and oxygen atoms in total. The van der Waals surface area contributed by atoms with Gasteiger partial charge in [0.15, 0.2) is 0 Å². The second kappa shape index (κ2) is 4.40. The highest BCUT2D eigenvalue weighted by atomic mass is 32.1. The lowest BCUT2D eigenvalue weighted by molar-refractivity contribution is 1.05. The number of anilines is 2. The Morgan fingerprint density at radius 3 is 2.47 bits per heavy atom. The van der Waals surface area contributed by atoms with Gasteiger partial charge in [0.25, 0.3) is 0 Å². The molecule has 0 spiro atoms. The molecule has 1 N–H and O–H groups in total. The topological polar surface area (TPSA) is 37.8 Å². The van der Waals surface area contributed by atoms with Crippen LogP contribution in [-0.4, -0.2) is 10.2 Å². The maximum atomic E-state index is 4.01. The molecule has 1 heterocycles. The van der Waals surface area contributed by atoms with Gasteiger partial charge in [-0.05, 0) is 31.0 Å². The molecule has 0 aliphatic carbocycles. The Hall–Kier alpha value is -1.42. The van der Waals surface area contributed by atoms with Crippen LogP contribution in [0.25, 0.3) is 0 Å². The number of hydrogen-bond acceptors (Lipinski definition) is 4. The normalized spacial score (nSPS) is 10.3. The molecular weight excluding hydrogens is 206 g/mol. The van der Waals surface area contributed by atoms with Crippen molar-refractivity contribution >= 4 is 22.2 Å². The predicted molar refractivity (Wildman–Crippen MR) is 63.7 cm³/mol. The summed E-state index contributed by atoms with van der Waals surface area (Å²) in [6, 6.07) is 8.37. The minimum atomic E-state index is 0.844. The van der Waals surface area contributed by atoms with E-state index in [1.54, 1.807) is 11.3 Å². The zero-order valence-corrected chi connectivity index (χ0v) is 9.64. The van der Waals surface area contributed by atoms with Crippen molar-refractivity contribution in [2.75, 3.05) is 5.32 Å². The maximum absolute atomic E-state index is 4.01. The van der Waals surface area contributed by atoms with Crippen LogP contribution in [0.2, 0.25) is 0 Å². The van der Waals surface area contributed by atoms with Crippen LogP contribution in [0.15, 0.2) is 24.3 Å². The molecule has 0 aliphatic rings. The molecule has 0 saturated heterocycles. The van der Waals surface area contributed by atoms with Gasteiger partial charge in [0.2, 0.25) is 5.13 Å².